The van der Waals surface area contributed by atoms with E-state index in [-0.39, 0.29) is 5.78 Å². The van der Waals surface area contributed by atoms with Gasteiger partial charge in [0.2, 0.25) is 0 Å². The first-order chi connectivity index (χ1) is 7.36. The van der Waals surface area contributed by atoms with Crippen molar-refractivity contribution in [3.63, 3.8) is 0 Å². The van der Waals surface area contributed by atoms with Gasteiger partial charge in [0.15, 0.2) is 5.78 Å². The predicted octanol–water partition coefficient (Wildman–Crippen LogP) is 3.64. The molecule has 0 atom stereocenters. The zero-order chi connectivity index (χ0) is 10.5. The molecule has 1 heterocycles. The molecule has 0 saturated heterocycles. The number of carbonyl (C=O) groups is 1. The van der Waals surface area contributed by atoms with Crippen molar-refractivity contribution in [2.75, 3.05) is 0 Å². The molecule has 0 bridgehead atoms. The first-order valence-electron chi connectivity index (χ1n) is 4.66. The minimum atomic E-state index is 0.0557. The second-order valence-corrected chi connectivity index (χ2v) is 3.90. The standard InChI is InChI=1S/C13H10OS/c14-13(12-8-9-15-10-12)7-6-11-4-2-1-3-5-11/h1-10H. The smallest absolute Gasteiger partial charge is 0.186 e. The fourth-order valence-electron chi connectivity index (χ4n) is 1.24. The van der Waals surface area contributed by atoms with Crippen LogP contribution in [0.2, 0.25) is 0 Å². The molecule has 0 saturated carbocycles. The van der Waals surface area contributed by atoms with E-state index in [4.69, 9.17) is 0 Å². The maximum absolute atomic E-state index is 11.6. The van der Waals surface area contributed by atoms with E-state index in [2.05, 4.69) is 0 Å². The minimum Gasteiger partial charge on any atom is -0.289 e. The minimum absolute atomic E-state index is 0.0557. The molecular formula is C13H10OS. The molecular weight excluding hydrogens is 204 g/mol. The highest BCUT2D eigenvalue weighted by Crippen LogP contribution is 2.09. The molecule has 0 spiro atoms. The summed E-state index contributed by atoms with van der Waals surface area (Å²) in [6.45, 7) is 0. The van der Waals surface area contributed by atoms with Crippen molar-refractivity contribution in [1.82, 2.24) is 0 Å². The zero-order valence-electron chi connectivity index (χ0n) is 8.09. The highest BCUT2D eigenvalue weighted by molar-refractivity contribution is 7.08. The number of hydrogen-bond acceptors (Lipinski definition) is 2. The maximum Gasteiger partial charge on any atom is 0.186 e. The van der Waals surface area contributed by atoms with E-state index >= 15 is 0 Å². The van der Waals surface area contributed by atoms with Crippen LogP contribution in [-0.4, -0.2) is 5.78 Å². The first kappa shape index (κ1) is 9.87. The van der Waals surface area contributed by atoms with Crippen LogP contribution in [0.5, 0.6) is 0 Å². The lowest BCUT2D eigenvalue weighted by Gasteiger charge is -1.91. The molecule has 0 N–H and O–H groups in total. The third-order valence-corrected chi connectivity index (χ3v) is 2.72. The van der Waals surface area contributed by atoms with Gasteiger partial charge < -0.3 is 0 Å². The number of thiophene rings is 1. The molecule has 0 amide bonds. The van der Waals surface area contributed by atoms with Gasteiger partial charge in [0, 0.05) is 10.9 Å². The Morgan fingerprint density at radius 3 is 2.60 bits per heavy atom. The number of hydrogen-bond donors (Lipinski definition) is 0. The Morgan fingerprint density at radius 1 is 1.13 bits per heavy atom. The van der Waals surface area contributed by atoms with Crippen LogP contribution in [0.4, 0.5) is 0 Å². The van der Waals surface area contributed by atoms with Crippen molar-refractivity contribution < 1.29 is 4.79 Å². The fraction of sp³-hybridized carbons (Fsp3) is 0. The lowest BCUT2D eigenvalue weighted by Crippen LogP contribution is -1.89. The van der Waals surface area contributed by atoms with Gasteiger partial charge in [-0.25, -0.2) is 0 Å². The first-order valence-corrected chi connectivity index (χ1v) is 5.60. The summed E-state index contributed by atoms with van der Waals surface area (Å²) in [6, 6.07) is 11.6. The molecule has 1 nitrogen and oxygen atoms in total. The van der Waals surface area contributed by atoms with Crippen LogP contribution in [0, 0.1) is 0 Å². The highest BCUT2D eigenvalue weighted by atomic mass is 32.1. The summed E-state index contributed by atoms with van der Waals surface area (Å²) in [6.07, 6.45) is 3.44. The van der Waals surface area contributed by atoms with Gasteiger partial charge in [-0.15, -0.1) is 0 Å². The average molecular weight is 214 g/mol. The number of ketones is 1. The number of allylic oxidation sites excluding steroid dienone is 1. The SMILES string of the molecule is O=C(C=Cc1ccccc1)c1ccsc1. The van der Waals surface area contributed by atoms with Gasteiger partial charge in [-0.1, -0.05) is 36.4 Å². The molecule has 0 aliphatic heterocycles. The molecule has 2 heteroatoms. The van der Waals surface area contributed by atoms with Crippen LogP contribution in [0.25, 0.3) is 6.08 Å². The quantitative estimate of drug-likeness (QED) is 0.563. The van der Waals surface area contributed by atoms with E-state index in [0.717, 1.165) is 11.1 Å². The zero-order valence-corrected chi connectivity index (χ0v) is 8.91. The summed E-state index contributed by atoms with van der Waals surface area (Å²) >= 11 is 1.53. The number of rotatable bonds is 3. The number of benzene rings is 1. The second kappa shape index (κ2) is 4.71. The van der Waals surface area contributed by atoms with Gasteiger partial charge in [0.25, 0.3) is 0 Å². The maximum atomic E-state index is 11.6. The van der Waals surface area contributed by atoms with Gasteiger partial charge in [0.1, 0.15) is 0 Å². The lowest BCUT2D eigenvalue weighted by atomic mass is 10.1. The van der Waals surface area contributed by atoms with Crippen molar-refractivity contribution in [1.29, 1.82) is 0 Å². The monoisotopic (exact) mass is 214 g/mol. The van der Waals surface area contributed by atoms with E-state index in [1.165, 1.54) is 11.3 Å². The van der Waals surface area contributed by atoms with Crippen LogP contribution < -0.4 is 0 Å². The Labute approximate surface area is 92.7 Å². The van der Waals surface area contributed by atoms with Crippen molar-refractivity contribution in [3.8, 4) is 0 Å². The Balaban J connectivity index is 2.10. The fourth-order valence-corrected chi connectivity index (χ4v) is 1.88. The molecule has 2 rings (SSSR count). The van der Waals surface area contributed by atoms with Crippen LogP contribution in [0.3, 0.4) is 0 Å². The van der Waals surface area contributed by atoms with Crippen molar-refractivity contribution in [3.05, 3.63) is 64.4 Å². The van der Waals surface area contributed by atoms with Gasteiger partial charge in [0.05, 0.1) is 0 Å². The third kappa shape index (κ3) is 2.64. The molecule has 0 fully saturated rings. The molecule has 0 radical (unpaired) electrons. The Morgan fingerprint density at radius 2 is 1.93 bits per heavy atom. The van der Waals surface area contributed by atoms with Crippen molar-refractivity contribution in [2.45, 2.75) is 0 Å². The van der Waals surface area contributed by atoms with Crippen molar-refractivity contribution >= 4 is 23.2 Å². The van der Waals surface area contributed by atoms with E-state index in [1.54, 1.807) is 6.08 Å². The third-order valence-electron chi connectivity index (χ3n) is 2.03. The van der Waals surface area contributed by atoms with E-state index < -0.39 is 0 Å². The molecule has 74 valence electrons. The topological polar surface area (TPSA) is 17.1 Å². The summed E-state index contributed by atoms with van der Waals surface area (Å²) in [5, 5.41) is 3.77. The largest absolute Gasteiger partial charge is 0.289 e. The van der Waals surface area contributed by atoms with E-state index in [0.29, 0.717) is 0 Å². The Bertz CT molecular complexity index is 455. The number of carbonyl (C=O) groups excluding carboxylic acids is 1. The van der Waals surface area contributed by atoms with E-state index in [9.17, 15) is 4.79 Å². The van der Waals surface area contributed by atoms with Gasteiger partial charge in [-0.3, -0.25) is 4.79 Å². The van der Waals surface area contributed by atoms with Gasteiger partial charge in [-0.05, 0) is 23.1 Å². The summed E-state index contributed by atoms with van der Waals surface area (Å²) in [7, 11) is 0. The van der Waals surface area contributed by atoms with Crippen LogP contribution in [0.1, 0.15) is 15.9 Å². The van der Waals surface area contributed by atoms with Gasteiger partial charge in [-0.2, -0.15) is 11.3 Å². The summed E-state index contributed by atoms with van der Waals surface area (Å²) in [5.74, 6) is 0.0557. The molecule has 15 heavy (non-hydrogen) atoms. The molecule has 1 aromatic heterocycles. The van der Waals surface area contributed by atoms with E-state index in [1.807, 2.05) is 53.2 Å². The molecule has 2 aromatic rings. The molecule has 0 unspecified atom stereocenters. The van der Waals surface area contributed by atoms with Crippen molar-refractivity contribution in [2.24, 2.45) is 0 Å². The normalized spacial score (nSPS) is 10.7. The van der Waals surface area contributed by atoms with Crippen LogP contribution in [-0.2, 0) is 0 Å². The second-order valence-electron chi connectivity index (χ2n) is 3.12. The lowest BCUT2D eigenvalue weighted by molar-refractivity contribution is 0.104. The summed E-state index contributed by atoms with van der Waals surface area (Å²) in [4.78, 5) is 11.6. The Hall–Kier alpha value is -1.67. The van der Waals surface area contributed by atoms with Gasteiger partial charge >= 0.3 is 0 Å². The average Bonchev–Trinajstić information content (AvgIpc) is 2.81. The van der Waals surface area contributed by atoms with Crippen LogP contribution in [0.15, 0.2) is 53.2 Å². The highest BCUT2D eigenvalue weighted by Gasteiger charge is 2.00. The summed E-state index contributed by atoms with van der Waals surface area (Å²) < 4.78 is 0. The molecule has 0 aliphatic carbocycles. The predicted molar refractivity (Wildman–Crippen MR) is 64.1 cm³/mol. The molecule has 1 aromatic carbocycles. The summed E-state index contributed by atoms with van der Waals surface area (Å²) in [5.41, 5.74) is 1.80. The van der Waals surface area contributed by atoms with Crippen LogP contribution >= 0.6 is 11.3 Å². The molecule has 0 aliphatic rings. The Kier molecular flexibility index (Phi) is 3.10.